The minimum Gasteiger partial charge on any atom is -0.493 e. The van der Waals surface area contributed by atoms with E-state index in [-0.39, 0.29) is 0 Å². The Bertz CT molecular complexity index is 1390. The van der Waals surface area contributed by atoms with Crippen LogP contribution in [-0.4, -0.2) is 30.4 Å². The first-order chi connectivity index (χ1) is 15.8. The minimum absolute atomic E-state index is 0.522. The monoisotopic (exact) mass is 424 g/mol. The SMILES string of the molecule is COc1ccc(-c2nc3ccccc3n2CCOc2cccc3ccccc23)cc1OC. The van der Waals surface area contributed by atoms with Crippen LogP contribution in [-0.2, 0) is 6.54 Å². The molecule has 0 unspecified atom stereocenters. The highest BCUT2D eigenvalue weighted by atomic mass is 16.5. The molecule has 0 aliphatic heterocycles. The van der Waals surface area contributed by atoms with Gasteiger partial charge >= 0.3 is 0 Å². The number of rotatable bonds is 7. The van der Waals surface area contributed by atoms with Gasteiger partial charge in [-0.05, 0) is 41.8 Å². The molecule has 0 saturated carbocycles. The van der Waals surface area contributed by atoms with Crippen LogP contribution in [0.3, 0.4) is 0 Å². The van der Waals surface area contributed by atoms with Crippen molar-refractivity contribution in [3.63, 3.8) is 0 Å². The lowest BCUT2D eigenvalue weighted by Gasteiger charge is -2.13. The van der Waals surface area contributed by atoms with Gasteiger partial charge in [0.15, 0.2) is 11.5 Å². The molecule has 0 N–H and O–H groups in total. The van der Waals surface area contributed by atoms with Crippen molar-refractivity contribution < 1.29 is 14.2 Å². The highest BCUT2D eigenvalue weighted by Gasteiger charge is 2.15. The van der Waals surface area contributed by atoms with Gasteiger partial charge in [0.2, 0.25) is 0 Å². The van der Waals surface area contributed by atoms with Gasteiger partial charge in [0, 0.05) is 10.9 Å². The van der Waals surface area contributed by atoms with Crippen molar-refractivity contribution in [2.75, 3.05) is 20.8 Å². The van der Waals surface area contributed by atoms with Crippen molar-refractivity contribution in [3.05, 3.63) is 84.9 Å². The van der Waals surface area contributed by atoms with Crippen LogP contribution >= 0.6 is 0 Å². The fourth-order valence-electron chi connectivity index (χ4n) is 4.07. The molecule has 5 heteroatoms. The van der Waals surface area contributed by atoms with E-state index in [1.807, 2.05) is 60.7 Å². The average molecular weight is 425 g/mol. The summed E-state index contributed by atoms with van der Waals surface area (Å²) in [5.74, 6) is 3.13. The van der Waals surface area contributed by atoms with Crippen molar-refractivity contribution >= 4 is 21.8 Å². The summed E-state index contributed by atoms with van der Waals surface area (Å²) in [5.41, 5.74) is 2.98. The van der Waals surface area contributed by atoms with E-state index >= 15 is 0 Å². The molecule has 0 aliphatic rings. The van der Waals surface area contributed by atoms with Gasteiger partial charge in [-0.2, -0.15) is 0 Å². The maximum atomic E-state index is 6.22. The first-order valence-electron chi connectivity index (χ1n) is 10.6. The lowest BCUT2D eigenvalue weighted by Crippen LogP contribution is -2.09. The van der Waals surface area contributed by atoms with Gasteiger partial charge in [-0.1, -0.05) is 48.5 Å². The van der Waals surface area contributed by atoms with Crippen LogP contribution in [0.25, 0.3) is 33.2 Å². The van der Waals surface area contributed by atoms with Crippen molar-refractivity contribution in [2.45, 2.75) is 6.54 Å². The van der Waals surface area contributed by atoms with Crippen LogP contribution in [0.15, 0.2) is 84.9 Å². The van der Waals surface area contributed by atoms with E-state index in [1.54, 1.807) is 14.2 Å². The van der Waals surface area contributed by atoms with Crippen molar-refractivity contribution in [3.8, 4) is 28.6 Å². The molecule has 5 rings (SSSR count). The van der Waals surface area contributed by atoms with E-state index in [1.165, 1.54) is 5.39 Å². The number of methoxy groups -OCH3 is 2. The zero-order valence-electron chi connectivity index (χ0n) is 18.1. The Morgan fingerprint density at radius 2 is 1.53 bits per heavy atom. The largest absolute Gasteiger partial charge is 0.493 e. The molecule has 0 spiro atoms. The number of hydrogen-bond donors (Lipinski definition) is 0. The molecule has 0 bridgehead atoms. The minimum atomic E-state index is 0.522. The predicted octanol–water partition coefficient (Wildman–Crippen LogP) is 5.95. The van der Waals surface area contributed by atoms with Gasteiger partial charge in [-0.3, -0.25) is 0 Å². The van der Waals surface area contributed by atoms with Crippen LogP contribution in [0.2, 0.25) is 0 Å². The van der Waals surface area contributed by atoms with Gasteiger partial charge in [0.1, 0.15) is 18.2 Å². The molecule has 0 radical (unpaired) electrons. The third-order valence-electron chi connectivity index (χ3n) is 5.62. The fourth-order valence-corrected chi connectivity index (χ4v) is 4.07. The summed E-state index contributed by atoms with van der Waals surface area (Å²) in [5, 5.41) is 2.29. The molecule has 0 atom stereocenters. The second-order valence-corrected chi connectivity index (χ2v) is 7.47. The number of hydrogen-bond acceptors (Lipinski definition) is 4. The standard InChI is InChI=1S/C27H24N2O3/c1-30-25-15-14-20(18-26(25)31-2)27-28-22-11-5-6-12-23(22)29(27)16-17-32-24-13-7-9-19-8-3-4-10-21(19)24/h3-15,18H,16-17H2,1-2H3. The molecule has 5 nitrogen and oxygen atoms in total. The Morgan fingerprint density at radius 3 is 2.41 bits per heavy atom. The molecule has 0 amide bonds. The Hall–Kier alpha value is -3.99. The van der Waals surface area contributed by atoms with E-state index in [0.29, 0.717) is 24.7 Å². The van der Waals surface area contributed by atoms with Gasteiger partial charge in [0.05, 0.1) is 31.8 Å². The smallest absolute Gasteiger partial charge is 0.161 e. The van der Waals surface area contributed by atoms with Crippen LogP contribution in [0.4, 0.5) is 0 Å². The molecule has 32 heavy (non-hydrogen) atoms. The number of imidazole rings is 1. The van der Waals surface area contributed by atoms with E-state index in [4.69, 9.17) is 19.2 Å². The molecular weight excluding hydrogens is 400 g/mol. The number of benzene rings is 4. The lowest BCUT2D eigenvalue weighted by atomic mass is 10.1. The summed E-state index contributed by atoms with van der Waals surface area (Å²) in [6.45, 7) is 1.18. The Morgan fingerprint density at radius 1 is 0.750 bits per heavy atom. The van der Waals surface area contributed by atoms with Crippen LogP contribution < -0.4 is 14.2 Å². The topological polar surface area (TPSA) is 45.5 Å². The molecule has 0 aliphatic carbocycles. The van der Waals surface area contributed by atoms with Crippen molar-refractivity contribution in [2.24, 2.45) is 0 Å². The maximum absolute atomic E-state index is 6.22. The quantitative estimate of drug-likeness (QED) is 0.324. The van der Waals surface area contributed by atoms with Crippen LogP contribution in [0, 0.1) is 0 Å². The predicted molar refractivity (Wildman–Crippen MR) is 128 cm³/mol. The average Bonchev–Trinajstić information content (AvgIpc) is 3.22. The summed E-state index contributed by atoms with van der Waals surface area (Å²) < 4.78 is 19.3. The Balaban J connectivity index is 1.48. The second-order valence-electron chi connectivity index (χ2n) is 7.47. The first kappa shape index (κ1) is 19.9. The van der Waals surface area contributed by atoms with Crippen molar-refractivity contribution in [1.82, 2.24) is 9.55 Å². The van der Waals surface area contributed by atoms with Gasteiger partial charge in [-0.25, -0.2) is 4.98 Å². The first-order valence-corrected chi connectivity index (χ1v) is 10.6. The summed E-state index contributed by atoms with van der Waals surface area (Å²) >= 11 is 0. The molecule has 0 saturated heterocycles. The third-order valence-corrected chi connectivity index (χ3v) is 5.62. The zero-order chi connectivity index (χ0) is 21.9. The third kappa shape index (κ3) is 3.62. The summed E-state index contributed by atoms with van der Waals surface area (Å²) in [6.07, 6.45) is 0. The molecular formula is C27H24N2O3. The number of para-hydroxylation sites is 2. The maximum Gasteiger partial charge on any atom is 0.161 e. The summed E-state index contributed by atoms with van der Waals surface area (Å²) in [6, 6.07) is 28.4. The summed E-state index contributed by atoms with van der Waals surface area (Å²) in [7, 11) is 3.28. The van der Waals surface area contributed by atoms with E-state index < -0.39 is 0 Å². The molecule has 160 valence electrons. The van der Waals surface area contributed by atoms with Crippen molar-refractivity contribution in [1.29, 1.82) is 0 Å². The van der Waals surface area contributed by atoms with Gasteiger partial charge in [0.25, 0.3) is 0 Å². The highest BCUT2D eigenvalue weighted by Crippen LogP contribution is 2.33. The molecule has 4 aromatic carbocycles. The Kier molecular flexibility index (Phi) is 5.38. The summed E-state index contributed by atoms with van der Waals surface area (Å²) in [4.78, 5) is 4.90. The molecule has 1 heterocycles. The zero-order valence-corrected chi connectivity index (χ0v) is 18.1. The van der Waals surface area contributed by atoms with E-state index in [9.17, 15) is 0 Å². The van der Waals surface area contributed by atoms with E-state index in [0.717, 1.165) is 33.6 Å². The highest BCUT2D eigenvalue weighted by molar-refractivity contribution is 5.88. The van der Waals surface area contributed by atoms with Gasteiger partial charge < -0.3 is 18.8 Å². The number of aromatic nitrogens is 2. The Labute approximate surface area is 186 Å². The van der Waals surface area contributed by atoms with Crippen LogP contribution in [0.5, 0.6) is 17.2 Å². The van der Waals surface area contributed by atoms with E-state index in [2.05, 4.69) is 28.8 Å². The number of ether oxygens (including phenoxy) is 3. The second kappa shape index (κ2) is 8.63. The normalized spacial score (nSPS) is 11.1. The van der Waals surface area contributed by atoms with Crippen LogP contribution in [0.1, 0.15) is 0 Å². The molecule has 1 aromatic heterocycles. The lowest BCUT2D eigenvalue weighted by molar-refractivity contribution is 0.304. The molecule has 0 fully saturated rings. The number of nitrogens with zero attached hydrogens (tertiary/aromatic N) is 2. The fraction of sp³-hybridized carbons (Fsp3) is 0.148. The van der Waals surface area contributed by atoms with Gasteiger partial charge in [-0.15, -0.1) is 0 Å². The number of fused-ring (bicyclic) bond motifs is 2. The molecule has 5 aromatic rings.